The molecule has 1 N–H and O–H groups in total. The molecule has 1 aromatic rings. The molecule has 1 fully saturated rings. The van der Waals surface area contributed by atoms with Gasteiger partial charge < -0.3 is 31.9 Å². The van der Waals surface area contributed by atoms with Crippen molar-refractivity contribution in [3.05, 3.63) is 30.1 Å². The highest BCUT2D eigenvalue weighted by molar-refractivity contribution is 5.94. The highest BCUT2D eigenvalue weighted by Gasteiger charge is 2.40. The summed E-state index contributed by atoms with van der Waals surface area (Å²) in [6, 6.07) is 5.70. The number of carbonyl (C=O) groups is 3. The third-order valence-electron chi connectivity index (χ3n) is 9.21. The first kappa shape index (κ1) is 44.6. The zero-order chi connectivity index (χ0) is 35.1. The fourth-order valence-electron chi connectivity index (χ4n) is 6.16. The second kappa shape index (κ2) is 25.5. The Hall–Kier alpha value is -2.39. The zero-order valence-corrected chi connectivity index (χ0v) is 32.3. The Balaban J connectivity index is 0.0000120. The lowest BCUT2D eigenvalue weighted by Gasteiger charge is -2.30. The number of hydrogen-bond acceptors (Lipinski definition) is 6. The van der Waals surface area contributed by atoms with Gasteiger partial charge in [0.05, 0.1) is 0 Å². The maximum absolute atomic E-state index is 13.4. The minimum atomic E-state index is -0.923. The first-order valence-electron chi connectivity index (χ1n) is 19.1. The number of ether oxygens (including phenoxy) is 3. The third-order valence-corrected chi connectivity index (χ3v) is 9.21. The number of rotatable bonds is 24. The van der Waals surface area contributed by atoms with Crippen LogP contribution in [-0.2, 0) is 32.1 Å². The number of amides is 3. The van der Waals surface area contributed by atoms with Gasteiger partial charge in [-0.15, -0.1) is 0 Å². The van der Waals surface area contributed by atoms with Crippen LogP contribution in [0.3, 0.4) is 0 Å². The highest BCUT2D eigenvalue weighted by atomic mass is 35.5. The lowest BCUT2D eigenvalue weighted by atomic mass is 9.95. The number of aryl methyl sites for hydroxylation is 1. The SMILES string of the molecule is CCCCCCCCCCCCCCCCCCNC(=O)OCC1(COC(=O)N(Cc2cccc[n+]2CC)C(=O)C(C)(C)C)CCCO1.[Cl-]. The monoisotopic (exact) mass is 709 g/mol. The number of carbonyl (C=O) groups excluding carboxylic acids is 3. The van der Waals surface area contributed by atoms with Crippen LogP contribution in [0.5, 0.6) is 0 Å². The number of unbranched alkanes of at least 4 members (excludes halogenated alkanes) is 15. The van der Waals surface area contributed by atoms with Crippen LogP contribution in [0.15, 0.2) is 24.4 Å². The predicted octanol–water partition coefficient (Wildman–Crippen LogP) is 6.05. The van der Waals surface area contributed by atoms with E-state index in [1.54, 1.807) is 20.8 Å². The second-order valence-corrected chi connectivity index (χ2v) is 14.6. The van der Waals surface area contributed by atoms with E-state index in [1.165, 1.54) is 89.9 Å². The first-order valence-corrected chi connectivity index (χ1v) is 19.1. The van der Waals surface area contributed by atoms with Crippen molar-refractivity contribution >= 4 is 18.1 Å². The van der Waals surface area contributed by atoms with Gasteiger partial charge in [0.1, 0.15) is 31.9 Å². The van der Waals surface area contributed by atoms with Crippen LogP contribution >= 0.6 is 0 Å². The van der Waals surface area contributed by atoms with Crippen LogP contribution in [0.2, 0.25) is 0 Å². The maximum Gasteiger partial charge on any atom is 0.417 e. The summed E-state index contributed by atoms with van der Waals surface area (Å²) in [5.74, 6) is -0.329. The number of nitrogens with zero attached hydrogens (tertiary/aromatic N) is 2. The van der Waals surface area contributed by atoms with Crippen molar-refractivity contribution in [3.8, 4) is 0 Å². The minimum Gasteiger partial charge on any atom is -1.00 e. The molecule has 0 aliphatic carbocycles. The Morgan fingerprint density at radius 2 is 1.39 bits per heavy atom. The summed E-state index contributed by atoms with van der Waals surface area (Å²) in [5.41, 5.74) is -0.876. The standard InChI is InChI=1S/C39H67N3O6.ClH/c1-6-8-9-10-11-12-13-14-15-16-17-18-19-20-21-23-28-40-36(44)46-32-39(27-25-30-48-39)33-47-37(45)42(35(43)38(3,4)5)31-34-26-22-24-29-41(34)7-2;/h22,24,26,29H,6-21,23,25,27-28,30-33H2,1-5H3;1H. The van der Waals surface area contributed by atoms with E-state index in [-0.39, 0.29) is 38.1 Å². The van der Waals surface area contributed by atoms with E-state index in [1.807, 2.05) is 35.9 Å². The van der Waals surface area contributed by atoms with Gasteiger partial charge in [-0.1, -0.05) is 130 Å². The first-order chi connectivity index (χ1) is 23.1. The highest BCUT2D eigenvalue weighted by Crippen LogP contribution is 2.28. The molecule has 0 spiro atoms. The molecule has 49 heavy (non-hydrogen) atoms. The van der Waals surface area contributed by atoms with E-state index in [2.05, 4.69) is 12.2 Å². The number of alkyl carbamates (subject to hydrolysis) is 1. The van der Waals surface area contributed by atoms with Crippen molar-refractivity contribution in [2.45, 2.75) is 169 Å². The molecule has 0 bridgehead atoms. The summed E-state index contributed by atoms with van der Waals surface area (Å²) < 4.78 is 19.2. The molecule has 2 rings (SSSR count). The fourth-order valence-corrected chi connectivity index (χ4v) is 6.16. The van der Waals surface area contributed by atoms with Gasteiger partial charge in [-0.25, -0.2) is 19.1 Å². The molecule has 0 aromatic carbocycles. The molecule has 9 nitrogen and oxygen atoms in total. The lowest BCUT2D eigenvalue weighted by Crippen LogP contribution is -3.00. The smallest absolute Gasteiger partial charge is 0.417 e. The average molecular weight is 710 g/mol. The number of halogens is 1. The van der Waals surface area contributed by atoms with Gasteiger partial charge in [-0.05, 0) is 26.2 Å². The molecular weight excluding hydrogens is 642 g/mol. The summed E-state index contributed by atoms with van der Waals surface area (Å²) in [5, 5.41) is 2.85. The van der Waals surface area contributed by atoms with Gasteiger partial charge in [0.25, 0.3) is 0 Å². The van der Waals surface area contributed by atoms with Gasteiger partial charge >= 0.3 is 12.2 Å². The third kappa shape index (κ3) is 18.4. The van der Waals surface area contributed by atoms with Crippen molar-refractivity contribution < 1.29 is 45.6 Å². The van der Waals surface area contributed by atoms with E-state index in [0.717, 1.165) is 29.9 Å². The van der Waals surface area contributed by atoms with Gasteiger partial charge in [-0.2, -0.15) is 0 Å². The van der Waals surface area contributed by atoms with E-state index < -0.39 is 23.2 Å². The van der Waals surface area contributed by atoms with E-state index in [0.29, 0.717) is 26.1 Å². The molecule has 1 saturated heterocycles. The van der Waals surface area contributed by atoms with Crippen molar-refractivity contribution in [2.75, 3.05) is 26.4 Å². The van der Waals surface area contributed by atoms with E-state index in [9.17, 15) is 14.4 Å². The van der Waals surface area contributed by atoms with Gasteiger partial charge in [-0.3, -0.25) is 4.79 Å². The topological polar surface area (TPSA) is 98.0 Å². The summed E-state index contributed by atoms with van der Waals surface area (Å²) in [4.78, 5) is 40.3. The van der Waals surface area contributed by atoms with Crippen molar-refractivity contribution in [3.63, 3.8) is 0 Å². The zero-order valence-electron chi connectivity index (χ0n) is 31.5. The molecule has 10 heteroatoms. The molecule has 1 aliphatic rings. The summed E-state index contributed by atoms with van der Waals surface area (Å²) in [7, 11) is 0. The molecular formula is C39H68ClN3O6. The quantitative estimate of drug-likeness (QED) is 0.104. The van der Waals surface area contributed by atoms with E-state index in [4.69, 9.17) is 14.2 Å². The Morgan fingerprint density at radius 1 is 0.837 bits per heavy atom. The van der Waals surface area contributed by atoms with Crippen LogP contribution in [-0.4, -0.2) is 55.0 Å². The number of nitrogens with one attached hydrogen (secondary N) is 1. The lowest BCUT2D eigenvalue weighted by molar-refractivity contribution is -0.701. The summed E-state index contributed by atoms with van der Waals surface area (Å²) in [6.07, 6.45) is 23.0. The van der Waals surface area contributed by atoms with Gasteiger partial charge in [0.2, 0.25) is 11.6 Å². The van der Waals surface area contributed by atoms with Crippen LogP contribution in [0.1, 0.15) is 156 Å². The average Bonchev–Trinajstić information content (AvgIpc) is 3.55. The van der Waals surface area contributed by atoms with Gasteiger partial charge in [0.15, 0.2) is 6.20 Å². The van der Waals surface area contributed by atoms with Crippen molar-refractivity contribution in [1.82, 2.24) is 10.2 Å². The van der Waals surface area contributed by atoms with E-state index >= 15 is 0 Å². The van der Waals surface area contributed by atoms with Crippen LogP contribution in [0.4, 0.5) is 9.59 Å². The number of imide groups is 1. The molecule has 0 saturated carbocycles. The minimum absolute atomic E-state index is 0. The molecule has 282 valence electrons. The molecule has 1 unspecified atom stereocenters. The molecule has 2 heterocycles. The fraction of sp³-hybridized carbons (Fsp3) is 0.795. The Kier molecular flexibility index (Phi) is 23.3. The molecule has 1 aromatic heterocycles. The molecule has 1 atom stereocenters. The number of hydrogen-bond donors (Lipinski definition) is 1. The number of pyridine rings is 1. The molecule has 1 aliphatic heterocycles. The summed E-state index contributed by atoms with van der Waals surface area (Å²) in [6.45, 7) is 11.4. The largest absolute Gasteiger partial charge is 1.00 e. The molecule has 3 amide bonds. The second-order valence-electron chi connectivity index (χ2n) is 14.6. The van der Waals surface area contributed by atoms with Crippen LogP contribution in [0.25, 0.3) is 0 Å². The Bertz CT molecular complexity index is 1060. The predicted molar refractivity (Wildman–Crippen MR) is 190 cm³/mol. The molecule has 0 radical (unpaired) electrons. The van der Waals surface area contributed by atoms with Gasteiger partial charge in [0, 0.05) is 30.7 Å². The normalized spacial score (nSPS) is 15.8. The van der Waals surface area contributed by atoms with Crippen LogP contribution in [0, 0.1) is 5.41 Å². The Labute approximate surface area is 304 Å². The van der Waals surface area contributed by atoms with Crippen LogP contribution < -0.4 is 22.3 Å². The van der Waals surface area contributed by atoms with Crippen molar-refractivity contribution in [2.24, 2.45) is 5.41 Å². The van der Waals surface area contributed by atoms with Crippen molar-refractivity contribution in [1.29, 1.82) is 0 Å². The maximum atomic E-state index is 13.4. The summed E-state index contributed by atoms with van der Waals surface area (Å²) >= 11 is 0. The Morgan fingerprint density at radius 3 is 1.90 bits per heavy atom. The number of aromatic nitrogens is 1.